The van der Waals surface area contributed by atoms with Crippen LogP contribution in [0.1, 0.15) is 41.0 Å². The Bertz CT molecular complexity index is 220. The summed E-state index contributed by atoms with van der Waals surface area (Å²) < 4.78 is 5.50. The molecule has 1 fully saturated rings. The zero-order valence-electron chi connectivity index (χ0n) is 12.3. The van der Waals surface area contributed by atoms with Gasteiger partial charge in [-0.1, -0.05) is 27.7 Å². The third-order valence-electron chi connectivity index (χ3n) is 3.88. The Morgan fingerprint density at radius 2 is 2.18 bits per heavy atom. The maximum atomic E-state index is 5.50. The van der Waals surface area contributed by atoms with Crippen LogP contribution >= 0.6 is 0 Å². The van der Waals surface area contributed by atoms with Crippen LogP contribution in [0.2, 0.25) is 0 Å². The van der Waals surface area contributed by atoms with Crippen LogP contribution < -0.4 is 5.32 Å². The van der Waals surface area contributed by atoms with Gasteiger partial charge in [0.15, 0.2) is 0 Å². The summed E-state index contributed by atoms with van der Waals surface area (Å²) in [6.45, 7) is 16.5. The van der Waals surface area contributed by atoms with Gasteiger partial charge in [0.2, 0.25) is 0 Å². The summed E-state index contributed by atoms with van der Waals surface area (Å²) in [6.07, 6.45) is 1.22. The van der Waals surface area contributed by atoms with Crippen LogP contribution in [-0.4, -0.2) is 49.8 Å². The van der Waals surface area contributed by atoms with Crippen molar-refractivity contribution in [2.75, 3.05) is 32.8 Å². The molecular formula is C14H30N2O. The van der Waals surface area contributed by atoms with Crippen molar-refractivity contribution < 1.29 is 4.74 Å². The number of rotatable bonds is 6. The number of morpholine rings is 1. The summed E-state index contributed by atoms with van der Waals surface area (Å²) in [7, 11) is 0. The standard InChI is InChI=1S/C14H30N2O/c1-6-14(5,10-15-12(2)3)11-16-7-8-17-9-13(16)4/h12-13,15H,6-11H2,1-5H3. The van der Waals surface area contributed by atoms with E-state index in [9.17, 15) is 0 Å². The van der Waals surface area contributed by atoms with Gasteiger partial charge < -0.3 is 10.1 Å². The Hall–Kier alpha value is -0.120. The molecule has 1 aliphatic rings. The Morgan fingerprint density at radius 1 is 1.47 bits per heavy atom. The predicted octanol–water partition coefficient (Wildman–Crippen LogP) is 2.12. The van der Waals surface area contributed by atoms with Crippen molar-refractivity contribution in [1.82, 2.24) is 10.2 Å². The highest BCUT2D eigenvalue weighted by Crippen LogP contribution is 2.24. The second kappa shape index (κ2) is 6.72. The Balaban J connectivity index is 2.48. The summed E-state index contributed by atoms with van der Waals surface area (Å²) in [5, 5.41) is 3.58. The molecule has 1 N–H and O–H groups in total. The molecule has 2 unspecified atom stereocenters. The van der Waals surface area contributed by atoms with E-state index in [1.54, 1.807) is 0 Å². The van der Waals surface area contributed by atoms with Crippen LogP contribution in [-0.2, 0) is 4.74 Å². The van der Waals surface area contributed by atoms with Crippen LogP contribution in [0.3, 0.4) is 0 Å². The highest BCUT2D eigenvalue weighted by Gasteiger charge is 2.29. The van der Waals surface area contributed by atoms with Gasteiger partial charge in [-0.15, -0.1) is 0 Å². The number of hydrogen-bond acceptors (Lipinski definition) is 3. The summed E-state index contributed by atoms with van der Waals surface area (Å²) in [5.74, 6) is 0. The highest BCUT2D eigenvalue weighted by atomic mass is 16.5. The van der Waals surface area contributed by atoms with Gasteiger partial charge in [0, 0.05) is 31.7 Å². The fourth-order valence-electron chi connectivity index (χ4n) is 2.23. The van der Waals surface area contributed by atoms with Crippen molar-refractivity contribution in [1.29, 1.82) is 0 Å². The van der Waals surface area contributed by atoms with E-state index >= 15 is 0 Å². The van der Waals surface area contributed by atoms with Gasteiger partial charge in [-0.25, -0.2) is 0 Å². The highest BCUT2D eigenvalue weighted by molar-refractivity contribution is 4.83. The van der Waals surface area contributed by atoms with E-state index in [0.29, 0.717) is 17.5 Å². The first kappa shape index (κ1) is 14.9. The molecule has 2 atom stereocenters. The third-order valence-corrected chi connectivity index (χ3v) is 3.88. The smallest absolute Gasteiger partial charge is 0.0619 e. The molecule has 0 aromatic rings. The van der Waals surface area contributed by atoms with E-state index < -0.39 is 0 Å². The van der Waals surface area contributed by atoms with Crippen molar-refractivity contribution >= 4 is 0 Å². The van der Waals surface area contributed by atoms with E-state index in [4.69, 9.17) is 4.74 Å². The second-order valence-corrected chi connectivity index (χ2v) is 6.09. The molecule has 0 bridgehead atoms. The van der Waals surface area contributed by atoms with E-state index in [1.807, 2.05) is 0 Å². The van der Waals surface area contributed by atoms with Crippen LogP contribution in [0.25, 0.3) is 0 Å². The quantitative estimate of drug-likeness (QED) is 0.772. The van der Waals surface area contributed by atoms with Gasteiger partial charge >= 0.3 is 0 Å². The largest absolute Gasteiger partial charge is 0.379 e. The fraction of sp³-hybridized carbons (Fsp3) is 1.00. The zero-order chi connectivity index (χ0) is 12.9. The lowest BCUT2D eigenvalue weighted by Crippen LogP contribution is -2.50. The maximum Gasteiger partial charge on any atom is 0.0619 e. The van der Waals surface area contributed by atoms with Crippen LogP contribution in [0, 0.1) is 5.41 Å². The second-order valence-electron chi connectivity index (χ2n) is 6.09. The van der Waals surface area contributed by atoms with E-state index in [2.05, 4.69) is 44.8 Å². The molecular weight excluding hydrogens is 212 g/mol. The first-order chi connectivity index (χ1) is 7.97. The molecule has 1 heterocycles. The van der Waals surface area contributed by atoms with Crippen molar-refractivity contribution in [3.63, 3.8) is 0 Å². The van der Waals surface area contributed by atoms with Gasteiger partial charge in [0.25, 0.3) is 0 Å². The SMILES string of the molecule is CCC(C)(CNC(C)C)CN1CCOCC1C. The number of nitrogens with zero attached hydrogens (tertiary/aromatic N) is 1. The molecule has 1 saturated heterocycles. The molecule has 0 amide bonds. The van der Waals surface area contributed by atoms with Gasteiger partial charge in [-0.3, -0.25) is 4.90 Å². The molecule has 0 aromatic carbocycles. The Kier molecular flexibility index (Phi) is 5.90. The van der Waals surface area contributed by atoms with Crippen molar-refractivity contribution in [2.24, 2.45) is 5.41 Å². The van der Waals surface area contributed by atoms with Crippen molar-refractivity contribution in [3.05, 3.63) is 0 Å². The van der Waals surface area contributed by atoms with Crippen molar-refractivity contribution in [3.8, 4) is 0 Å². The monoisotopic (exact) mass is 242 g/mol. The normalized spacial score (nSPS) is 26.1. The van der Waals surface area contributed by atoms with E-state index in [-0.39, 0.29) is 0 Å². The summed E-state index contributed by atoms with van der Waals surface area (Å²) >= 11 is 0. The minimum absolute atomic E-state index is 0.371. The maximum absolute atomic E-state index is 5.50. The number of ether oxygens (including phenoxy) is 1. The third kappa shape index (κ3) is 4.94. The molecule has 0 aromatic heterocycles. The average Bonchev–Trinajstić information content (AvgIpc) is 2.30. The lowest BCUT2D eigenvalue weighted by Gasteiger charge is -2.40. The van der Waals surface area contributed by atoms with Crippen LogP contribution in [0.4, 0.5) is 0 Å². The minimum atomic E-state index is 0.371. The molecule has 102 valence electrons. The molecule has 1 rings (SSSR count). The van der Waals surface area contributed by atoms with Crippen LogP contribution in [0.5, 0.6) is 0 Å². The summed E-state index contributed by atoms with van der Waals surface area (Å²) in [4.78, 5) is 2.58. The van der Waals surface area contributed by atoms with E-state index in [0.717, 1.165) is 26.3 Å². The van der Waals surface area contributed by atoms with Crippen molar-refractivity contribution in [2.45, 2.75) is 53.1 Å². The molecule has 0 saturated carbocycles. The topological polar surface area (TPSA) is 24.5 Å². The molecule has 0 aliphatic carbocycles. The Labute approximate surface area is 107 Å². The van der Waals surface area contributed by atoms with Gasteiger partial charge in [-0.05, 0) is 18.8 Å². The molecule has 3 nitrogen and oxygen atoms in total. The Morgan fingerprint density at radius 3 is 2.71 bits per heavy atom. The molecule has 1 aliphatic heterocycles. The first-order valence-electron chi connectivity index (χ1n) is 7.02. The average molecular weight is 242 g/mol. The zero-order valence-corrected chi connectivity index (χ0v) is 12.3. The first-order valence-corrected chi connectivity index (χ1v) is 7.02. The van der Waals surface area contributed by atoms with Gasteiger partial charge in [0.1, 0.15) is 0 Å². The number of nitrogens with one attached hydrogen (secondary N) is 1. The molecule has 0 radical (unpaired) electrons. The summed E-state index contributed by atoms with van der Waals surface area (Å²) in [5.41, 5.74) is 0.371. The number of hydrogen-bond donors (Lipinski definition) is 1. The molecule has 0 spiro atoms. The lowest BCUT2D eigenvalue weighted by atomic mass is 9.86. The predicted molar refractivity (Wildman–Crippen MR) is 73.4 cm³/mol. The van der Waals surface area contributed by atoms with Gasteiger partial charge in [-0.2, -0.15) is 0 Å². The minimum Gasteiger partial charge on any atom is -0.379 e. The van der Waals surface area contributed by atoms with Gasteiger partial charge in [0.05, 0.1) is 13.2 Å². The van der Waals surface area contributed by atoms with Crippen LogP contribution in [0.15, 0.2) is 0 Å². The van der Waals surface area contributed by atoms with E-state index in [1.165, 1.54) is 13.0 Å². The lowest BCUT2D eigenvalue weighted by molar-refractivity contribution is -0.0188. The summed E-state index contributed by atoms with van der Waals surface area (Å²) in [6, 6.07) is 1.14. The fourth-order valence-corrected chi connectivity index (χ4v) is 2.23. The molecule has 17 heavy (non-hydrogen) atoms. The molecule has 3 heteroatoms.